The zero-order chi connectivity index (χ0) is 22.5. The number of hydrogen-bond acceptors (Lipinski definition) is 6. The third-order valence-corrected chi connectivity index (χ3v) is 8.71. The van der Waals surface area contributed by atoms with Crippen molar-refractivity contribution >= 4 is 28.4 Å². The Morgan fingerprint density at radius 1 is 1.21 bits per heavy atom. The van der Waals surface area contributed by atoms with Gasteiger partial charge in [-0.05, 0) is 49.9 Å². The lowest BCUT2D eigenvalue weighted by Crippen LogP contribution is -2.52. The van der Waals surface area contributed by atoms with E-state index in [1.807, 2.05) is 23.9 Å². The fourth-order valence-corrected chi connectivity index (χ4v) is 6.87. The van der Waals surface area contributed by atoms with Crippen LogP contribution in [0.15, 0.2) is 35.5 Å². The van der Waals surface area contributed by atoms with Gasteiger partial charge in [0, 0.05) is 22.7 Å². The van der Waals surface area contributed by atoms with Crippen LogP contribution in [0.3, 0.4) is 0 Å². The fourth-order valence-electron chi connectivity index (χ4n) is 5.53. The number of ether oxygens (including phenoxy) is 1. The highest BCUT2D eigenvalue weighted by Gasteiger charge is 2.37. The molecule has 2 aromatic heterocycles. The first-order valence-electron chi connectivity index (χ1n) is 11.9. The van der Waals surface area contributed by atoms with Gasteiger partial charge in [0.25, 0.3) is 0 Å². The van der Waals surface area contributed by atoms with Crippen molar-refractivity contribution < 1.29 is 4.74 Å². The molecule has 0 spiro atoms. The van der Waals surface area contributed by atoms with Gasteiger partial charge in [0.1, 0.15) is 6.07 Å². The van der Waals surface area contributed by atoms with E-state index in [2.05, 4.69) is 52.2 Å². The smallest absolute Gasteiger partial charge is 0.101 e. The van der Waals surface area contributed by atoms with Crippen molar-refractivity contribution in [1.29, 1.82) is 5.26 Å². The van der Waals surface area contributed by atoms with Crippen LogP contribution in [0.4, 0.5) is 5.69 Å². The van der Waals surface area contributed by atoms with E-state index in [1.165, 1.54) is 42.2 Å². The molecular formula is C26H29N5OS. The molecule has 33 heavy (non-hydrogen) atoms. The predicted octanol–water partition coefficient (Wildman–Crippen LogP) is 5.18. The quantitative estimate of drug-likeness (QED) is 0.560. The summed E-state index contributed by atoms with van der Waals surface area (Å²) in [4.78, 5) is 10.9. The van der Waals surface area contributed by atoms with Crippen molar-refractivity contribution in [2.24, 2.45) is 5.92 Å². The van der Waals surface area contributed by atoms with Crippen LogP contribution in [-0.2, 0) is 4.74 Å². The van der Waals surface area contributed by atoms with Crippen LogP contribution >= 0.6 is 11.8 Å². The van der Waals surface area contributed by atoms with Crippen molar-refractivity contribution in [3.63, 3.8) is 0 Å². The van der Waals surface area contributed by atoms with Crippen molar-refractivity contribution in [3.8, 4) is 17.3 Å². The number of nitrogens with zero attached hydrogens (tertiary/aromatic N) is 3. The van der Waals surface area contributed by atoms with E-state index in [-0.39, 0.29) is 0 Å². The monoisotopic (exact) mass is 459 g/mol. The molecule has 0 aliphatic carbocycles. The van der Waals surface area contributed by atoms with E-state index in [0.717, 1.165) is 35.4 Å². The van der Waals surface area contributed by atoms with Crippen molar-refractivity contribution in [1.82, 2.24) is 14.9 Å². The van der Waals surface area contributed by atoms with Crippen LogP contribution < -0.4 is 5.32 Å². The number of nitrogens with one attached hydrogen (secondary N) is 2. The Balaban J connectivity index is 1.29. The molecule has 0 amide bonds. The van der Waals surface area contributed by atoms with Crippen LogP contribution in [0, 0.1) is 17.2 Å². The molecule has 2 fully saturated rings. The molecule has 2 N–H and O–H groups in total. The van der Waals surface area contributed by atoms with E-state index >= 15 is 0 Å². The number of H-pyrrole nitrogens is 1. The Labute approximate surface area is 198 Å². The molecule has 1 unspecified atom stereocenters. The predicted molar refractivity (Wildman–Crippen MR) is 133 cm³/mol. The third kappa shape index (κ3) is 3.52. The number of hydrogen-bond donors (Lipinski definition) is 2. The van der Waals surface area contributed by atoms with Crippen LogP contribution in [0.25, 0.3) is 22.2 Å². The Morgan fingerprint density at radius 3 is 2.73 bits per heavy atom. The number of aromatic nitrogens is 2. The average molecular weight is 460 g/mol. The van der Waals surface area contributed by atoms with Crippen molar-refractivity contribution in [2.75, 3.05) is 31.6 Å². The molecular weight excluding hydrogens is 430 g/mol. The average Bonchev–Trinajstić information content (AvgIpc) is 3.35. The zero-order valence-corrected chi connectivity index (χ0v) is 19.9. The number of pyridine rings is 1. The van der Waals surface area contributed by atoms with Crippen LogP contribution in [0.2, 0.25) is 0 Å². The van der Waals surface area contributed by atoms with Gasteiger partial charge < -0.3 is 15.0 Å². The van der Waals surface area contributed by atoms with Crippen LogP contribution in [0.1, 0.15) is 43.7 Å². The van der Waals surface area contributed by atoms with Gasteiger partial charge in [0.15, 0.2) is 0 Å². The second-order valence-corrected chi connectivity index (χ2v) is 10.8. The van der Waals surface area contributed by atoms with E-state index in [1.54, 1.807) is 6.20 Å². The minimum absolute atomic E-state index is 0.370. The molecule has 0 saturated carbocycles. The largest absolute Gasteiger partial charge is 0.378 e. The maximum Gasteiger partial charge on any atom is 0.101 e. The molecule has 3 aliphatic heterocycles. The Morgan fingerprint density at radius 2 is 2.03 bits per heavy atom. The van der Waals surface area contributed by atoms with Gasteiger partial charge in [-0.15, -0.1) is 0 Å². The van der Waals surface area contributed by atoms with Gasteiger partial charge in [0.05, 0.1) is 52.1 Å². The maximum atomic E-state index is 9.53. The Hall–Kier alpha value is -2.53. The normalized spacial score (nSPS) is 21.7. The van der Waals surface area contributed by atoms with E-state index in [9.17, 15) is 5.26 Å². The highest BCUT2D eigenvalue weighted by molar-refractivity contribution is 8.00. The summed E-state index contributed by atoms with van der Waals surface area (Å²) in [5, 5.41) is 16.1. The first kappa shape index (κ1) is 21.0. The summed E-state index contributed by atoms with van der Waals surface area (Å²) >= 11 is 1.95. The van der Waals surface area contributed by atoms with Gasteiger partial charge in [-0.2, -0.15) is 5.26 Å². The topological polar surface area (TPSA) is 77.0 Å². The molecule has 1 aromatic carbocycles. The number of benzene rings is 1. The number of piperidine rings is 1. The standard InChI is InChI=1S/C26H29N5OS/c1-15(2)21-23(20-6-5-17(12-27)22-19(20)4-3-9-28-22)29-26-24(21)30-25(33-26)16-7-10-31(11-8-16)18-13-32-14-18/h3-6,9,15-16,18,25,29-30H,7-8,10-11,13-14H2,1-2H3. The number of nitriles is 1. The summed E-state index contributed by atoms with van der Waals surface area (Å²) in [5.74, 6) is 1.05. The van der Waals surface area contributed by atoms with E-state index in [0.29, 0.717) is 28.8 Å². The molecule has 1 atom stereocenters. The SMILES string of the molecule is CC(C)c1c(-c2ccc(C#N)c3ncccc23)[nH]c2c1NC(C1CCN(C3COC3)CC1)S2. The minimum Gasteiger partial charge on any atom is -0.378 e. The third-order valence-electron chi connectivity index (χ3n) is 7.41. The molecule has 170 valence electrons. The number of fused-ring (bicyclic) bond motifs is 2. The van der Waals surface area contributed by atoms with E-state index in [4.69, 9.17) is 4.74 Å². The number of anilines is 1. The summed E-state index contributed by atoms with van der Waals surface area (Å²) in [6.45, 7) is 8.69. The summed E-state index contributed by atoms with van der Waals surface area (Å²) in [6.07, 6.45) is 4.23. The lowest BCUT2D eigenvalue weighted by Gasteiger charge is -2.42. The fraction of sp³-hybridized carbons (Fsp3) is 0.462. The summed E-state index contributed by atoms with van der Waals surface area (Å²) in [5.41, 5.74) is 6.25. The number of likely N-dealkylation sites (tertiary alicyclic amines) is 1. The first-order chi connectivity index (χ1) is 16.1. The Bertz CT molecular complexity index is 1230. The van der Waals surface area contributed by atoms with Gasteiger partial charge in [-0.1, -0.05) is 37.7 Å². The maximum absolute atomic E-state index is 9.53. The summed E-state index contributed by atoms with van der Waals surface area (Å²) in [6, 6.07) is 10.9. The molecule has 3 aromatic rings. The van der Waals surface area contributed by atoms with Gasteiger partial charge in [0.2, 0.25) is 0 Å². The number of rotatable bonds is 4. The van der Waals surface area contributed by atoms with E-state index < -0.39 is 0 Å². The Kier molecular flexibility index (Phi) is 5.33. The molecule has 5 heterocycles. The molecule has 2 saturated heterocycles. The van der Waals surface area contributed by atoms with Gasteiger partial charge in [-0.3, -0.25) is 9.88 Å². The second kappa shape index (κ2) is 8.35. The molecule has 3 aliphatic rings. The lowest BCUT2D eigenvalue weighted by molar-refractivity contribution is -0.0735. The lowest BCUT2D eigenvalue weighted by atomic mass is 9.93. The summed E-state index contributed by atoms with van der Waals surface area (Å²) in [7, 11) is 0. The molecule has 0 bridgehead atoms. The molecule has 6 rings (SSSR count). The van der Waals surface area contributed by atoms with Crippen molar-refractivity contribution in [2.45, 2.75) is 49.0 Å². The second-order valence-electron chi connectivity index (χ2n) is 9.69. The van der Waals surface area contributed by atoms with Crippen LogP contribution in [-0.4, -0.2) is 52.6 Å². The molecule has 6 nitrogen and oxygen atoms in total. The highest BCUT2D eigenvalue weighted by Crippen LogP contribution is 2.50. The van der Waals surface area contributed by atoms with Gasteiger partial charge in [-0.25, -0.2) is 0 Å². The highest BCUT2D eigenvalue weighted by atomic mass is 32.2. The molecule has 7 heteroatoms. The molecule has 0 radical (unpaired) electrons. The minimum atomic E-state index is 0.370. The number of aromatic amines is 1. The zero-order valence-electron chi connectivity index (χ0n) is 19.1. The van der Waals surface area contributed by atoms with Crippen molar-refractivity contribution in [3.05, 3.63) is 41.6 Å². The van der Waals surface area contributed by atoms with Crippen LogP contribution in [0.5, 0.6) is 0 Å². The summed E-state index contributed by atoms with van der Waals surface area (Å²) < 4.78 is 5.39. The number of thioether (sulfide) groups is 1. The first-order valence-corrected chi connectivity index (χ1v) is 12.8. The van der Waals surface area contributed by atoms with Gasteiger partial charge >= 0.3 is 0 Å².